The van der Waals surface area contributed by atoms with Crippen molar-refractivity contribution in [3.63, 3.8) is 0 Å². The van der Waals surface area contributed by atoms with Gasteiger partial charge in [0.15, 0.2) is 0 Å². The average Bonchev–Trinajstić information content (AvgIpc) is 3.21. The Balaban J connectivity index is 1.59. The number of hydrogen-bond donors (Lipinski definition) is 1. The molecule has 1 atom stereocenters. The number of benzene rings is 2. The predicted molar refractivity (Wildman–Crippen MR) is 135 cm³/mol. The van der Waals surface area contributed by atoms with Crippen LogP contribution in [0, 0.1) is 11.3 Å². The fraction of sp³-hybridized carbons (Fsp3) is 0.357. The summed E-state index contributed by atoms with van der Waals surface area (Å²) < 4.78 is 5.09. The van der Waals surface area contributed by atoms with E-state index in [2.05, 4.69) is 26.1 Å². The van der Waals surface area contributed by atoms with Crippen LogP contribution in [0.2, 0.25) is 0 Å². The molecule has 1 heterocycles. The number of anilines is 1. The highest BCUT2D eigenvalue weighted by atomic mass is 32.1. The lowest BCUT2D eigenvalue weighted by atomic mass is 9.69. The summed E-state index contributed by atoms with van der Waals surface area (Å²) in [4.78, 5) is 26.9. The molecule has 4 rings (SSSR count). The highest BCUT2D eigenvalue weighted by molar-refractivity contribution is 7.17. The number of amides is 1. The standard InChI is InChI=1S/C28H31NO3S/c1-5-28(2,3)21-15-16-22-23(17-21)33-26(24(22)27(31)32-4)29-25(30)20-13-11-19(12-14-20)18-9-7-6-8-10-18/h6-14,21H,5,15-17H2,1-4H3,(H,29,30)/t21-/m1/s1. The van der Waals surface area contributed by atoms with Gasteiger partial charge in [0.1, 0.15) is 5.00 Å². The molecule has 1 aromatic heterocycles. The summed E-state index contributed by atoms with van der Waals surface area (Å²) in [5.41, 5.74) is 4.54. The number of hydrogen-bond acceptors (Lipinski definition) is 4. The Morgan fingerprint density at radius 1 is 1.06 bits per heavy atom. The van der Waals surface area contributed by atoms with Crippen LogP contribution in [-0.4, -0.2) is 19.0 Å². The van der Waals surface area contributed by atoms with E-state index >= 15 is 0 Å². The van der Waals surface area contributed by atoms with E-state index in [0.29, 0.717) is 22.0 Å². The van der Waals surface area contributed by atoms with Crippen LogP contribution in [0.3, 0.4) is 0 Å². The van der Waals surface area contributed by atoms with Gasteiger partial charge in [0.2, 0.25) is 0 Å². The van der Waals surface area contributed by atoms with E-state index in [9.17, 15) is 9.59 Å². The average molecular weight is 462 g/mol. The van der Waals surface area contributed by atoms with Crippen molar-refractivity contribution in [3.05, 3.63) is 76.2 Å². The summed E-state index contributed by atoms with van der Waals surface area (Å²) in [7, 11) is 1.39. The number of nitrogens with one attached hydrogen (secondary N) is 1. The van der Waals surface area contributed by atoms with Crippen molar-refractivity contribution in [1.29, 1.82) is 0 Å². The van der Waals surface area contributed by atoms with Crippen molar-refractivity contribution in [2.45, 2.75) is 46.5 Å². The minimum Gasteiger partial charge on any atom is -0.465 e. The van der Waals surface area contributed by atoms with Crippen molar-refractivity contribution in [2.24, 2.45) is 11.3 Å². The summed E-state index contributed by atoms with van der Waals surface area (Å²) in [6.07, 6.45) is 3.94. The van der Waals surface area contributed by atoms with E-state index in [4.69, 9.17) is 4.74 Å². The zero-order valence-corrected chi connectivity index (χ0v) is 20.6. The second-order valence-electron chi connectivity index (χ2n) is 9.38. The second-order valence-corrected chi connectivity index (χ2v) is 10.5. The number of methoxy groups -OCH3 is 1. The number of ether oxygens (including phenoxy) is 1. The summed E-state index contributed by atoms with van der Waals surface area (Å²) in [6, 6.07) is 17.6. The molecule has 0 unspecified atom stereocenters. The Morgan fingerprint density at radius 2 is 1.73 bits per heavy atom. The van der Waals surface area contributed by atoms with Crippen LogP contribution < -0.4 is 5.32 Å². The minimum atomic E-state index is -0.379. The zero-order valence-electron chi connectivity index (χ0n) is 19.7. The molecular weight excluding hydrogens is 430 g/mol. The summed E-state index contributed by atoms with van der Waals surface area (Å²) >= 11 is 1.53. The maximum Gasteiger partial charge on any atom is 0.341 e. The highest BCUT2D eigenvalue weighted by Gasteiger charge is 2.35. The van der Waals surface area contributed by atoms with Crippen molar-refractivity contribution in [3.8, 4) is 11.1 Å². The van der Waals surface area contributed by atoms with Crippen molar-refractivity contribution in [2.75, 3.05) is 12.4 Å². The maximum absolute atomic E-state index is 13.1. The molecule has 0 fully saturated rings. The van der Waals surface area contributed by atoms with E-state index in [-0.39, 0.29) is 17.3 Å². The van der Waals surface area contributed by atoms with Gasteiger partial charge in [-0.1, -0.05) is 69.7 Å². The Hall–Kier alpha value is -2.92. The van der Waals surface area contributed by atoms with Crippen LogP contribution in [-0.2, 0) is 17.6 Å². The molecule has 5 heteroatoms. The van der Waals surface area contributed by atoms with Crippen molar-refractivity contribution >= 4 is 28.2 Å². The Kier molecular flexibility index (Phi) is 6.71. The Morgan fingerprint density at radius 3 is 2.36 bits per heavy atom. The van der Waals surface area contributed by atoms with Gasteiger partial charge in [-0.3, -0.25) is 4.79 Å². The quantitative estimate of drug-likeness (QED) is 0.402. The molecule has 0 bridgehead atoms. The highest BCUT2D eigenvalue weighted by Crippen LogP contribution is 2.45. The van der Waals surface area contributed by atoms with Crippen LogP contribution in [0.15, 0.2) is 54.6 Å². The molecule has 1 aliphatic rings. The fourth-order valence-electron chi connectivity index (χ4n) is 4.57. The topological polar surface area (TPSA) is 55.4 Å². The van der Waals surface area contributed by atoms with Crippen molar-refractivity contribution < 1.29 is 14.3 Å². The molecule has 0 saturated carbocycles. The molecule has 0 spiro atoms. The number of rotatable bonds is 6. The Labute approximate surface area is 200 Å². The van der Waals surface area contributed by atoms with Crippen LogP contribution >= 0.6 is 11.3 Å². The first-order chi connectivity index (χ1) is 15.8. The van der Waals surface area contributed by atoms with Gasteiger partial charge in [-0.2, -0.15) is 0 Å². The van der Waals surface area contributed by atoms with Gasteiger partial charge < -0.3 is 10.1 Å². The first-order valence-corrected chi connectivity index (χ1v) is 12.4. The SMILES string of the molecule is CCC(C)(C)[C@@H]1CCc2c(sc(NC(=O)c3ccc(-c4ccccc4)cc3)c2C(=O)OC)C1. The van der Waals surface area contributed by atoms with Gasteiger partial charge in [-0.25, -0.2) is 4.79 Å². The first-order valence-electron chi connectivity index (χ1n) is 11.5. The molecule has 172 valence electrons. The summed E-state index contributed by atoms with van der Waals surface area (Å²) in [6.45, 7) is 6.87. The van der Waals surface area contributed by atoms with Crippen LogP contribution in [0.1, 0.15) is 64.8 Å². The minimum absolute atomic E-state index is 0.219. The van der Waals surface area contributed by atoms with Gasteiger partial charge in [0.25, 0.3) is 5.91 Å². The van der Waals surface area contributed by atoms with Crippen LogP contribution in [0.5, 0.6) is 0 Å². The van der Waals surface area contributed by atoms with Gasteiger partial charge in [-0.15, -0.1) is 11.3 Å². The van der Waals surface area contributed by atoms with Gasteiger partial charge in [0.05, 0.1) is 12.7 Å². The number of esters is 1. The van der Waals surface area contributed by atoms with E-state index in [1.54, 1.807) is 0 Å². The molecule has 2 aromatic carbocycles. The Bertz CT molecular complexity index is 1150. The normalized spacial score (nSPS) is 15.6. The smallest absolute Gasteiger partial charge is 0.341 e. The fourth-order valence-corrected chi connectivity index (χ4v) is 5.88. The summed E-state index contributed by atoms with van der Waals surface area (Å²) in [5.74, 6) is -0.0348. The third kappa shape index (κ3) is 4.74. The second kappa shape index (κ2) is 9.52. The molecule has 1 amide bonds. The molecule has 3 aromatic rings. The van der Waals surface area contributed by atoms with Crippen LogP contribution in [0.4, 0.5) is 5.00 Å². The van der Waals surface area contributed by atoms with E-state index in [1.807, 2.05) is 54.6 Å². The maximum atomic E-state index is 13.1. The predicted octanol–water partition coefficient (Wildman–Crippen LogP) is 7.00. The lowest BCUT2D eigenvalue weighted by Gasteiger charge is -2.36. The van der Waals surface area contributed by atoms with Crippen LogP contribution in [0.25, 0.3) is 11.1 Å². The summed E-state index contributed by atoms with van der Waals surface area (Å²) in [5, 5.41) is 3.60. The number of fused-ring (bicyclic) bond motifs is 1. The number of carbonyl (C=O) groups excluding carboxylic acids is 2. The molecule has 1 N–H and O–H groups in total. The van der Waals surface area contributed by atoms with Gasteiger partial charge in [0, 0.05) is 10.4 Å². The monoisotopic (exact) mass is 461 g/mol. The molecule has 4 nitrogen and oxygen atoms in total. The lowest BCUT2D eigenvalue weighted by Crippen LogP contribution is -2.28. The molecule has 0 radical (unpaired) electrons. The largest absolute Gasteiger partial charge is 0.465 e. The molecule has 0 saturated heterocycles. The number of thiophene rings is 1. The molecular formula is C28H31NO3S. The number of carbonyl (C=O) groups is 2. The van der Waals surface area contributed by atoms with Gasteiger partial charge >= 0.3 is 5.97 Å². The van der Waals surface area contributed by atoms with E-state index < -0.39 is 0 Å². The van der Waals surface area contributed by atoms with Crippen molar-refractivity contribution in [1.82, 2.24) is 0 Å². The van der Waals surface area contributed by atoms with E-state index in [1.165, 1.54) is 23.3 Å². The zero-order chi connectivity index (χ0) is 23.6. The lowest BCUT2D eigenvalue weighted by molar-refractivity contribution is 0.0600. The molecule has 33 heavy (non-hydrogen) atoms. The third-order valence-corrected chi connectivity index (χ3v) is 8.32. The third-order valence-electron chi connectivity index (χ3n) is 7.15. The molecule has 0 aliphatic heterocycles. The van der Waals surface area contributed by atoms with Gasteiger partial charge in [-0.05, 0) is 59.4 Å². The first kappa shape index (κ1) is 23.2. The van der Waals surface area contributed by atoms with E-state index in [0.717, 1.165) is 42.4 Å². The molecule has 1 aliphatic carbocycles.